The number of nitrogens with one attached hydrogen (secondary N) is 1. The number of aryl methyl sites for hydroxylation is 1. The van der Waals surface area contributed by atoms with E-state index in [1.54, 1.807) is 36.4 Å². The van der Waals surface area contributed by atoms with E-state index in [9.17, 15) is 18.0 Å². The van der Waals surface area contributed by atoms with Gasteiger partial charge >= 0.3 is 0 Å². The van der Waals surface area contributed by atoms with Crippen molar-refractivity contribution in [1.29, 1.82) is 0 Å². The highest BCUT2D eigenvalue weighted by atomic mass is 35.5. The number of sulfonamides is 1. The molecule has 7 nitrogen and oxygen atoms in total. The van der Waals surface area contributed by atoms with Gasteiger partial charge in [0.15, 0.2) is 0 Å². The summed E-state index contributed by atoms with van der Waals surface area (Å²) in [6.07, 6.45) is 0.250. The minimum absolute atomic E-state index is 0.0337. The van der Waals surface area contributed by atoms with E-state index in [2.05, 4.69) is 5.32 Å². The van der Waals surface area contributed by atoms with Crippen molar-refractivity contribution in [1.82, 2.24) is 10.2 Å². The Balaban J connectivity index is 1.80. The van der Waals surface area contributed by atoms with Crippen LogP contribution >= 0.6 is 11.6 Å². The fraction of sp³-hybridized carbons (Fsp3) is 0.235. The summed E-state index contributed by atoms with van der Waals surface area (Å²) < 4.78 is 29.0. The van der Waals surface area contributed by atoms with Crippen LogP contribution in [0, 0.1) is 6.92 Å². The summed E-state index contributed by atoms with van der Waals surface area (Å²) in [5.41, 5.74) is 2.94. The number of halogens is 1. The van der Waals surface area contributed by atoms with E-state index < -0.39 is 28.5 Å². The molecule has 0 unspecified atom stereocenters. The molecule has 0 aromatic heterocycles. The van der Waals surface area contributed by atoms with Gasteiger partial charge in [0.05, 0.1) is 10.6 Å². The molecule has 1 atom stereocenters. The molecule has 2 amide bonds. The zero-order chi connectivity index (χ0) is 31.0. The van der Waals surface area contributed by atoms with E-state index in [4.69, 9.17) is 11.6 Å². The molecule has 0 bridgehead atoms. The topological polar surface area (TPSA) is 86.8 Å². The summed E-state index contributed by atoms with van der Waals surface area (Å²) in [6.45, 7) is 5.24. The predicted molar refractivity (Wildman–Crippen MR) is 171 cm³/mol. The third-order valence-corrected chi connectivity index (χ3v) is 8.87. The van der Waals surface area contributed by atoms with Crippen molar-refractivity contribution in [2.75, 3.05) is 10.8 Å². The van der Waals surface area contributed by atoms with Gasteiger partial charge in [-0.3, -0.25) is 13.9 Å². The number of carbonyl (C=O) groups excluding carboxylic acids is 2. The lowest BCUT2D eigenvalue weighted by Gasteiger charge is -2.34. The molecular weight excluding hydrogens is 582 g/mol. The van der Waals surface area contributed by atoms with Crippen LogP contribution in [0.25, 0.3) is 0 Å². The zero-order valence-corrected chi connectivity index (χ0v) is 26.1. The number of hydrogen-bond acceptors (Lipinski definition) is 4. The minimum Gasteiger partial charge on any atom is -0.352 e. The van der Waals surface area contributed by atoms with Crippen LogP contribution in [0.2, 0.25) is 5.02 Å². The van der Waals surface area contributed by atoms with Crippen LogP contribution < -0.4 is 9.62 Å². The Morgan fingerprint density at radius 1 is 0.814 bits per heavy atom. The second-order valence-electron chi connectivity index (χ2n) is 10.7. The van der Waals surface area contributed by atoms with E-state index in [1.165, 1.54) is 23.1 Å². The summed E-state index contributed by atoms with van der Waals surface area (Å²) in [5.74, 6) is -0.846. The van der Waals surface area contributed by atoms with E-state index in [1.807, 2.05) is 75.4 Å². The van der Waals surface area contributed by atoms with Crippen LogP contribution in [-0.2, 0) is 32.6 Å². The Bertz CT molecular complexity index is 1650. The number of rotatable bonds is 12. The third kappa shape index (κ3) is 8.46. The number of carbonyl (C=O) groups is 2. The van der Waals surface area contributed by atoms with Crippen molar-refractivity contribution in [2.45, 2.75) is 50.7 Å². The first-order valence-electron chi connectivity index (χ1n) is 14.1. The van der Waals surface area contributed by atoms with Gasteiger partial charge in [0.2, 0.25) is 11.8 Å². The quantitative estimate of drug-likeness (QED) is 0.211. The number of amides is 2. The Hall–Kier alpha value is -4.14. The van der Waals surface area contributed by atoms with Crippen molar-refractivity contribution in [2.24, 2.45) is 0 Å². The van der Waals surface area contributed by atoms with E-state index in [0.717, 1.165) is 21.0 Å². The van der Waals surface area contributed by atoms with Crippen LogP contribution in [0.3, 0.4) is 0 Å². The van der Waals surface area contributed by atoms with Crippen molar-refractivity contribution < 1.29 is 18.0 Å². The molecule has 0 saturated heterocycles. The highest BCUT2D eigenvalue weighted by Crippen LogP contribution is 2.27. The smallest absolute Gasteiger partial charge is 0.264 e. The van der Waals surface area contributed by atoms with Crippen LogP contribution in [0.5, 0.6) is 0 Å². The lowest BCUT2D eigenvalue weighted by atomic mass is 10.0. The predicted octanol–water partition coefficient (Wildman–Crippen LogP) is 6.01. The fourth-order valence-corrected chi connectivity index (χ4v) is 6.43. The second-order valence-corrected chi connectivity index (χ2v) is 13.0. The summed E-state index contributed by atoms with van der Waals surface area (Å²) >= 11 is 6.27. The van der Waals surface area contributed by atoms with Gasteiger partial charge in [-0.2, -0.15) is 0 Å². The molecule has 4 aromatic carbocycles. The van der Waals surface area contributed by atoms with Crippen LogP contribution in [0.4, 0.5) is 5.69 Å². The van der Waals surface area contributed by atoms with Crippen molar-refractivity contribution >= 4 is 39.1 Å². The third-order valence-electron chi connectivity index (χ3n) is 6.84. The maximum Gasteiger partial charge on any atom is 0.264 e. The van der Waals surface area contributed by atoms with Gasteiger partial charge in [0, 0.05) is 24.0 Å². The molecule has 0 aliphatic rings. The Morgan fingerprint density at radius 3 is 2.07 bits per heavy atom. The molecule has 9 heteroatoms. The second kappa shape index (κ2) is 14.4. The molecule has 224 valence electrons. The standard InChI is InChI=1S/C34H36ClN3O4S/c1-25(2)36-34(40)32(21-27-13-6-4-7-14-27)37(23-28-15-10-12-26(3)20-28)33(39)24-38(30-17-11-16-29(35)22-30)43(41,42)31-18-8-5-9-19-31/h4-20,22,25,32H,21,23-24H2,1-3H3,(H,36,40)/t32-/m0/s1. The Labute approximate surface area is 259 Å². The van der Waals surface area contributed by atoms with Crippen LogP contribution in [0.15, 0.2) is 114 Å². The molecule has 4 rings (SSSR count). The van der Waals surface area contributed by atoms with E-state index >= 15 is 0 Å². The molecule has 0 fully saturated rings. The molecule has 0 heterocycles. The normalized spacial score (nSPS) is 12.0. The monoisotopic (exact) mass is 617 g/mol. The molecule has 0 radical (unpaired) electrons. The van der Waals surface area contributed by atoms with Gasteiger partial charge in [-0.25, -0.2) is 8.42 Å². The summed E-state index contributed by atoms with van der Waals surface area (Å²) in [6, 6.07) is 30.4. The highest BCUT2D eigenvalue weighted by Gasteiger charge is 2.34. The SMILES string of the molecule is Cc1cccc(CN(C(=O)CN(c2cccc(Cl)c2)S(=O)(=O)c2ccccc2)[C@@H](Cc2ccccc2)C(=O)NC(C)C)c1. The lowest BCUT2D eigenvalue weighted by Crippen LogP contribution is -2.54. The molecule has 43 heavy (non-hydrogen) atoms. The maximum atomic E-state index is 14.4. The summed E-state index contributed by atoms with van der Waals surface area (Å²) in [4.78, 5) is 29.7. The first-order chi connectivity index (χ1) is 20.5. The molecule has 0 saturated carbocycles. The summed E-state index contributed by atoms with van der Waals surface area (Å²) in [5, 5.41) is 3.29. The minimum atomic E-state index is -4.18. The fourth-order valence-electron chi connectivity index (χ4n) is 4.82. The van der Waals surface area contributed by atoms with Gasteiger partial charge in [-0.1, -0.05) is 96.0 Å². The zero-order valence-electron chi connectivity index (χ0n) is 24.5. The molecule has 0 aliphatic heterocycles. The average molecular weight is 618 g/mol. The Kier molecular flexibility index (Phi) is 10.6. The van der Waals surface area contributed by atoms with Crippen molar-refractivity contribution in [3.63, 3.8) is 0 Å². The molecule has 4 aromatic rings. The molecule has 0 aliphatic carbocycles. The number of benzene rings is 4. The highest BCUT2D eigenvalue weighted by molar-refractivity contribution is 7.92. The number of hydrogen-bond donors (Lipinski definition) is 1. The van der Waals surface area contributed by atoms with Gasteiger partial charge < -0.3 is 10.2 Å². The van der Waals surface area contributed by atoms with Crippen LogP contribution in [-0.4, -0.2) is 43.8 Å². The average Bonchev–Trinajstić information content (AvgIpc) is 2.98. The van der Waals surface area contributed by atoms with E-state index in [0.29, 0.717) is 5.02 Å². The van der Waals surface area contributed by atoms with Crippen LogP contribution in [0.1, 0.15) is 30.5 Å². The molecular formula is C34H36ClN3O4S. The van der Waals surface area contributed by atoms with Gasteiger partial charge in [-0.15, -0.1) is 0 Å². The largest absolute Gasteiger partial charge is 0.352 e. The summed E-state index contributed by atoms with van der Waals surface area (Å²) in [7, 11) is -4.18. The molecule has 1 N–H and O–H groups in total. The maximum absolute atomic E-state index is 14.4. The van der Waals surface area contributed by atoms with Gasteiger partial charge in [0.25, 0.3) is 10.0 Å². The lowest BCUT2D eigenvalue weighted by molar-refractivity contribution is -0.140. The first-order valence-corrected chi connectivity index (χ1v) is 15.9. The molecule has 0 spiro atoms. The van der Waals surface area contributed by atoms with Crippen molar-refractivity contribution in [3.8, 4) is 0 Å². The number of anilines is 1. The van der Waals surface area contributed by atoms with Gasteiger partial charge in [-0.05, 0) is 62.2 Å². The van der Waals surface area contributed by atoms with Gasteiger partial charge in [0.1, 0.15) is 12.6 Å². The first kappa shape index (κ1) is 31.8. The Morgan fingerprint density at radius 2 is 1.44 bits per heavy atom. The van der Waals surface area contributed by atoms with Crippen molar-refractivity contribution in [3.05, 3.63) is 131 Å². The van der Waals surface area contributed by atoms with E-state index in [-0.39, 0.29) is 35.5 Å². The number of nitrogens with zero attached hydrogens (tertiary/aromatic N) is 2.